The van der Waals surface area contributed by atoms with E-state index in [1.807, 2.05) is 6.92 Å². The predicted molar refractivity (Wildman–Crippen MR) is 84.9 cm³/mol. The molecule has 2 aromatic rings. The van der Waals surface area contributed by atoms with E-state index in [9.17, 15) is 4.79 Å². The van der Waals surface area contributed by atoms with Gasteiger partial charge >= 0.3 is 0 Å². The third kappa shape index (κ3) is 3.20. The lowest BCUT2D eigenvalue weighted by molar-refractivity contribution is -0.115. The van der Waals surface area contributed by atoms with Gasteiger partial charge in [0.2, 0.25) is 5.91 Å². The molecule has 0 bridgehead atoms. The highest BCUT2D eigenvalue weighted by Crippen LogP contribution is 2.39. The summed E-state index contributed by atoms with van der Waals surface area (Å²) in [5.41, 5.74) is 0.881. The molecule has 0 aromatic carbocycles. The van der Waals surface area contributed by atoms with Crippen LogP contribution in [0, 0.1) is 13.8 Å². The van der Waals surface area contributed by atoms with Crippen LogP contribution in [0.15, 0.2) is 16.0 Å². The minimum absolute atomic E-state index is 0.118. The zero-order valence-electron chi connectivity index (χ0n) is 12.8. The molecular weight excluding hydrogens is 300 g/mol. The number of rotatable bonds is 5. The summed E-state index contributed by atoms with van der Waals surface area (Å²) in [7, 11) is 0. The van der Waals surface area contributed by atoms with Crippen LogP contribution in [0.25, 0.3) is 0 Å². The van der Waals surface area contributed by atoms with Gasteiger partial charge in [-0.3, -0.25) is 10.1 Å². The highest BCUT2D eigenvalue weighted by molar-refractivity contribution is 7.09. The number of carbonyl (C=O) groups is 1. The van der Waals surface area contributed by atoms with Crippen LogP contribution in [0.4, 0.5) is 5.82 Å². The molecule has 0 spiro atoms. The van der Waals surface area contributed by atoms with Crippen LogP contribution in [0.2, 0.25) is 0 Å². The Morgan fingerprint density at radius 3 is 2.77 bits per heavy atom. The van der Waals surface area contributed by atoms with Crippen LogP contribution >= 0.6 is 11.3 Å². The molecule has 2 N–H and O–H groups in total. The van der Waals surface area contributed by atoms with Crippen LogP contribution in [0.1, 0.15) is 42.1 Å². The summed E-state index contributed by atoms with van der Waals surface area (Å²) in [6.45, 7) is 4.03. The first-order valence-electron chi connectivity index (χ1n) is 7.48. The Kier molecular flexibility index (Phi) is 4.26. The van der Waals surface area contributed by atoms with Crippen molar-refractivity contribution in [2.24, 2.45) is 0 Å². The van der Waals surface area contributed by atoms with Gasteiger partial charge in [-0.25, -0.2) is 4.98 Å². The van der Waals surface area contributed by atoms with E-state index in [-0.39, 0.29) is 18.0 Å². The van der Waals surface area contributed by atoms with E-state index < -0.39 is 0 Å². The summed E-state index contributed by atoms with van der Waals surface area (Å²) in [5, 5.41) is 13.1. The topological polar surface area (TPSA) is 80.0 Å². The highest BCUT2D eigenvalue weighted by atomic mass is 32.1. The first kappa shape index (κ1) is 15.2. The Bertz CT molecular complexity index is 658. The maximum Gasteiger partial charge on any atom is 0.239 e. The summed E-state index contributed by atoms with van der Waals surface area (Å²) in [5.74, 6) is 1.01. The number of aryl methyl sites for hydroxylation is 2. The Labute approximate surface area is 133 Å². The van der Waals surface area contributed by atoms with E-state index in [0.717, 1.165) is 36.4 Å². The molecule has 118 valence electrons. The van der Waals surface area contributed by atoms with Crippen molar-refractivity contribution in [3.8, 4) is 0 Å². The molecule has 1 fully saturated rings. The highest BCUT2D eigenvalue weighted by Gasteiger charge is 2.38. The Balaban J connectivity index is 1.63. The summed E-state index contributed by atoms with van der Waals surface area (Å²) in [6, 6.07) is 1.70. The van der Waals surface area contributed by atoms with Gasteiger partial charge in [0.05, 0.1) is 12.1 Å². The Morgan fingerprint density at radius 2 is 2.18 bits per heavy atom. The SMILES string of the molecule is Cc1csc(C2(NCC(=O)Nc3cc(C)on3)CCCC2)n1. The molecule has 6 nitrogen and oxygen atoms in total. The molecule has 0 unspecified atom stereocenters. The van der Waals surface area contributed by atoms with E-state index in [4.69, 9.17) is 4.52 Å². The number of amides is 1. The normalized spacial score (nSPS) is 16.8. The van der Waals surface area contributed by atoms with E-state index in [0.29, 0.717) is 11.6 Å². The van der Waals surface area contributed by atoms with Crippen molar-refractivity contribution in [2.45, 2.75) is 45.1 Å². The molecule has 2 heterocycles. The van der Waals surface area contributed by atoms with Crippen molar-refractivity contribution in [3.05, 3.63) is 27.9 Å². The fraction of sp³-hybridized carbons (Fsp3) is 0.533. The lowest BCUT2D eigenvalue weighted by atomic mass is 9.98. The number of aromatic nitrogens is 2. The third-order valence-corrected chi connectivity index (χ3v) is 5.13. The predicted octanol–water partition coefficient (Wildman–Crippen LogP) is 2.75. The number of nitrogens with one attached hydrogen (secondary N) is 2. The van der Waals surface area contributed by atoms with Gasteiger partial charge in [-0.05, 0) is 26.7 Å². The molecule has 22 heavy (non-hydrogen) atoms. The third-order valence-electron chi connectivity index (χ3n) is 3.97. The molecule has 1 saturated carbocycles. The van der Waals surface area contributed by atoms with Gasteiger partial charge in [0.25, 0.3) is 0 Å². The minimum Gasteiger partial charge on any atom is -0.360 e. The van der Waals surface area contributed by atoms with Gasteiger partial charge < -0.3 is 9.84 Å². The minimum atomic E-state index is -0.157. The molecular formula is C15H20N4O2S. The van der Waals surface area contributed by atoms with Gasteiger partial charge in [0.15, 0.2) is 5.82 Å². The zero-order valence-corrected chi connectivity index (χ0v) is 13.6. The smallest absolute Gasteiger partial charge is 0.239 e. The van der Waals surface area contributed by atoms with Crippen molar-refractivity contribution in [1.82, 2.24) is 15.5 Å². The second kappa shape index (κ2) is 6.18. The van der Waals surface area contributed by atoms with Gasteiger partial charge in [0, 0.05) is 17.1 Å². The van der Waals surface area contributed by atoms with Gasteiger partial charge in [-0.2, -0.15) is 0 Å². The molecule has 2 aromatic heterocycles. The largest absolute Gasteiger partial charge is 0.360 e. The maximum atomic E-state index is 12.1. The molecule has 0 radical (unpaired) electrons. The molecule has 7 heteroatoms. The van der Waals surface area contributed by atoms with Crippen LogP contribution in [-0.2, 0) is 10.3 Å². The molecule has 1 amide bonds. The van der Waals surface area contributed by atoms with Crippen molar-refractivity contribution >= 4 is 23.1 Å². The van der Waals surface area contributed by atoms with Crippen molar-refractivity contribution in [1.29, 1.82) is 0 Å². The molecule has 0 saturated heterocycles. The van der Waals surface area contributed by atoms with Gasteiger partial charge in [-0.1, -0.05) is 18.0 Å². The molecule has 1 aliphatic rings. The maximum absolute atomic E-state index is 12.1. The monoisotopic (exact) mass is 320 g/mol. The van der Waals surface area contributed by atoms with Crippen LogP contribution < -0.4 is 10.6 Å². The summed E-state index contributed by atoms with van der Waals surface area (Å²) < 4.78 is 4.94. The fourth-order valence-electron chi connectivity index (χ4n) is 2.88. The van der Waals surface area contributed by atoms with E-state index >= 15 is 0 Å². The standard InChI is InChI=1S/C15H20N4O2S/c1-10-9-22-14(17-10)15(5-3-4-6-15)16-8-13(20)18-12-7-11(2)21-19-12/h7,9,16H,3-6,8H2,1-2H3,(H,18,19,20). The summed E-state index contributed by atoms with van der Waals surface area (Å²) in [6.07, 6.45) is 4.37. The lowest BCUT2D eigenvalue weighted by Crippen LogP contribution is -2.44. The van der Waals surface area contributed by atoms with Gasteiger partial charge in [-0.15, -0.1) is 11.3 Å². The summed E-state index contributed by atoms with van der Waals surface area (Å²) in [4.78, 5) is 16.7. The second-order valence-electron chi connectivity index (χ2n) is 5.81. The average molecular weight is 320 g/mol. The van der Waals surface area contributed by atoms with E-state index in [1.165, 1.54) is 0 Å². The lowest BCUT2D eigenvalue weighted by Gasteiger charge is -2.28. The number of hydrogen-bond donors (Lipinski definition) is 2. The quantitative estimate of drug-likeness (QED) is 0.885. The zero-order chi connectivity index (χ0) is 15.6. The molecule has 0 atom stereocenters. The fourth-order valence-corrected chi connectivity index (χ4v) is 3.91. The van der Waals surface area contributed by atoms with E-state index in [1.54, 1.807) is 24.3 Å². The van der Waals surface area contributed by atoms with Gasteiger partial charge in [0.1, 0.15) is 10.8 Å². The number of thiazole rings is 1. The number of carbonyl (C=O) groups excluding carboxylic acids is 1. The van der Waals surface area contributed by atoms with Crippen molar-refractivity contribution in [2.75, 3.05) is 11.9 Å². The van der Waals surface area contributed by atoms with Crippen LogP contribution in [-0.4, -0.2) is 22.6 Å². The van der Waals surface area contributed by atoms with Crippen molar-refractivity contribution in [3.63, 3.8) is 0 Å². The molecule has 0 aliphatic heterocycles. The van der Waals surface area contributed by atoms with Crippen molar-refractivity contribution < 1.29 is 9.32 Å². The number of anilines is 1. The summed E-state index contributed by atoms with van der Waals surface area (Å²) >= 11 is 1.67. The number of hydrogen-bond acceptors (Lipinski definition) is 6. The van der Waals surface area contributed by atoms with E-state index in [2.05, 4.69) is 26.2 Å². The first-order valence-corrected chi connectivity index (χ1v) is 8.36. The second-order valence-corrected chi connectivity index (χ2v) is 6.67. The number of nitrogens with zero attached hydrogens (tertiary/aromatic N) is 2. The average Bonchev–Trinajstić information content (AvgIpc) is 3.19. The first-order chi connectivity index (χ1) is 10.6. The Hall–Kier alpha value is -1.73. The Morgan fingerprint density at radius 1 is 1.41 bits per heavy atom. The van der Waals surface area contributed by atoms with Crippen LogP contribution in [0.5, 0.6) is 0 Å². The molecule has 1 aliphatic carbocycles. The van der Waals surface area contributed by atoms with Crippen LogP contribution in [0.3, 0.4) is 0 Å². The molecule has 3 rings (SSSR count).